The van der Waals surface area contributed by atoms with Crippen LogP contribution in [0.25, 0.3) is 0 Å². The monoisotopic (exact) mass is 340 g/mol. The van der Waals surface area contributed by atoms with Crippen molar-refractivity contribution < 1.29 is 14.3 Å². The van der Waals surface area contributed by atoms with Crippen LogP contribution in [0.4, 0.5) is 0 Å². The molecule has 1 aliphatic heterocycles. The number of nitrogens with zero attached hydrogens (tertiary/aromatic N) is 1. The third-order valence-corrected chi connectivity index (χ3v) is 5.38. The largest absolute Gasteiger partial charge is 0.378 e. The molecular formula is C20H24N2O3. The van der Waals surface area contributed by atoms with E-state index >= 15 is 0 Å². The first kappa shape index (κ1) is 16.3. The van der Waals surface area contributed by atoms with Gasteiger partial charge < -0.3 is 15.0 Å². The Bertz CT molecular complexity index is 713. The first-order valence-corrected chi connectivity index (χ1v) is 9.27. The van der Waals surface area contributed by atoms with Crippen LogP contribution in [0.1, 0.15) is 52.8 Å². The molecule has 1 saturated heterocycles. The summed E-state index contributed by atoms with van der Waals surface area (Å²) in [6.45, 7) is 2.46. The molecular weight excluding hydrogens is 316 g/mol. The summed E-state index contributed by atoms with van der Waals surface area (Å²) >= 11 is 0. The van der Waals surface area contributed by atoms with Gasteiger partial charge in [0.2, 0.25) is 11.6 Å². The van der Waals surface area contributed by atoms with Gasteiger partial charge in [-0.3, -0.25) is 9.59 Å². The minimum Gasteiger partial charge on any atom is -0.378 e. The molecule has 5 nitrogen and oxygen atoms in total. The molecule has 1 heterocycles. The maximum Gasteiger partial charge on any atom is 0.212 e. The molecule has 132 valence electrons. The number of Topliss-reactive ketones (excluding diaryl/α,β-unsaturated/α-hetero) is 2. The van der Waals surface area contributed by atoms with Crippen LogP contribution in [0.3, 0.4) is 0 Å². The van der Waals surface area contributed by atoms with Crippen molar-refractivity contribution in [2.75, 3.05) is 26.3 Å². The second-order valence-corrected chi connectivity index (χ2v) is 7.01. The average Bonchev–Trinajstić information content (AvgIpc) is 2.68. The molecule has 0 atom stereocenters. The standard InChI is InChI=1S/C20H24N2O3/c23-19-15-8-4-5-9-16(15)20(24)18(22-10-12-25-13-11-22)17(19)21-14-6-2-1-3-7-14/h4-5,8-9,14,21H,1-3,6-7,10-13H2. The van der Waals surface area contributed by atoms with Crippen LogP contribution in [0.2, 0.25) is 0 Å². The number of hydrogen-bond donors (Lipinski definition) is 1. The molecule has 2 aliphatic carbocycles. The van der Waals surface area contributed by atoms with Crippen molar-refractivity contribution in [1.82, 2.24) is 10.2 Å². The molecule has 3 aliphatic rings. The van der Waals surface area contributed by atoms with E-state index in [9.17, 15) is 9.59 Å². The Balaban J connectivity index is 1.74. The van der Waals surface area contributed by atoms with Crippen LogP contribution < -0.4 is 5.32 Å². The highest BCUT2D eigenvalue weighted by Gasteiger charge is 2.36. The Labute approximate surface area is 148 Å². The first-order chi connectivity index (χ1) is 12.3. The van der Waals surface area contributed by atoms with Gasteiger partial charge in [0.1, 0.15) is 11.4 Å². The fourth-order valence-electron chi connectivity index (χ4n) is 4.04. The van der Waals surface area contributed by atoms with Gasteiger partial charge >= 0.3 is 0 Å². The highest BCUT2D eigenvalue weighted by atomic mass is 16.5. The topological polar surface area (TPSA) is 58.6 Å². The summed E-state index contributed by atoms with van der Waals surface area (Å²) in [5.74, 6) is -0.0994. The van der Waals surface area contributed by atoms with Crippen LogP contribution in [0, 0.1) is 0 Å². The molecule has 1 aromatic rings. The zero-order valence-corrected chi connectivity index (χ0v) is 14.4. The van der Waals surface area contributed by atoms with Crippen LogP contribution in [0.15, 0.2) is 35.7 Å². The van der Waals surface area contributed by atoms with Crippen molar-refractivity contribution in [3.63, 3.8) is 0 Å². The van der Waals surface area contributed by atoms with Crippen LogP contribution in [0.5, 0.6) is 0 Å². The van der Waals surface area contributed by atoms with Crippen LogP contribution in [-0.2, 0) is 4.74 Å². The number of carbonyl (C=O) groups excluding carboxylic acids is 2. The number of morpholine rings is 1. The van der Waals surface area contributed by atoms with Gasteiger partial charge in [-0.05, 0) is 12.8 Å². The Kier molecular flexibility index (Phi) is 4.57. The number of fused-ring (bicyclic) bond motifs is 1. The fraction of sp³-hybridized carbons (Fsp3) is 0.500. The van der Waals surface area contributed by atoms with E-state index in [1.807, 2.05) is 17.0 Å². The Morgan fingerprint density at radius 3 is 2.24 bits per heavy atom. The van der Waals surface area contributed by atoms with Gasteiger partial charge in [-0.2, -0.15) is 0 Å². The third kappa shape index (κ3) is 3.09. The van der Waals surface area contributed by atoms with Crippen LogP contribution in [-0.4, -0.2) is 48.8 Å². The predicted octanol–water partition coefficient (Wildman–Crippen LogP) is 2.53. The van der Waals surface area contributed by atoms with E-state index in [0.717, 1.165) is 12.8 Å². The summed E-state index contributed by atoms with van der Waals surface area (Å²) in [6, 6.07) is 7.44. The molecule has 4 rings (SSSR count). The molecule has 25 heavy (non-hydrogen) atoms. The summed E-state index contributed by atoms with van der Waals surface area (Å²) in [5, 5.41) is 3.45. The minimum atomic E-state index is -0.0535. The summed E-state index contributed by atoms with van der Waals surface area (Å²) in [4.78, 5) is 28.4. The van der Waals surface area contributed by atoms with Gasteiger partial charge in [-0.1, -0.05) is 43.5 Å². The summed E-state index contributed by atoms with van der Waals surface area (Å²) < 4.78 is 5.43. The summed E-state index contributed by atoms with van der Waals surface area (Å²) in [5.41, 5.74) is 2.07. The number of carbonyl (C=O) groups is 2. The molecule has 0 radical (unpaired) electrons. The van der Waals surface area contributed by atoms with E-state index in [-0.39, 0.29) is 17.6 Å². The number of ether oxygens (including phenoxy) is 1. The predicted molar refractivity (Wildman–Crippen MR) is 94.5 cm³/mol. The SMILES string of the molecule is O=C1C(NC2CCCCC2)=C(N2CCOCC2)C(=O)c2ccccc21. The van der Waals surface area contributed by atoms with Crippen molar-refractivity contribution >= 4 is 11.6 Å². The zero-order valence-electron chi connectivity index (χ0n) is 14.4. The fourth-order valence-corrected chi connectivity index (χ4v) is 4.04. The maximum atomic E-state index is 13.2. The van der Waals surface area contributed by atoms with E-state index < -0.39 is 0 Å². The number of hydrogen-bond acceptors (Lipinski definition) is 5. The van der Waals surface area contributed by atoms with Gasteiger partial charge in [0, 0.05) is 30.3 Å². The van der Waals surface area contributed by atoms with Crippen LogP contribution >= 0.6 is 0 Å². The van der Waals surface area contributed by atoms with Crippen molar-refractivity contribution in [2.45, 2.75) is 38.1 Å². The average molecular weight is 340 g/mol. The number of ketones is 2. The highest BCUT2D eigenvalue weighted by Crippen LogP contribution is 2.29. The van der Waals surface area contributed by atoms with E-state index in [0.29, 0.717) is 48.8 Å². The first-order valence-electron chi connectivity index (χ1n) is 9.27. The maximum absolute atomic E-state index is 13.2. The molecule has 0 amide bonds. The van der Waals surface area contributed by atoms with E-state index in [1.165, 1.54) is 19.3 Å². The van der Waals surface area contributed by atoms with E-state index in [1.54, 1.807) is 12.1 Å². The van der Waals surface area contributed by atoms with Gasteiger partial charge in [0.15, 0.2) is 0 Å². The number of allylic oxidation sites excluding steroid dienone is 2. The lowest BCUT2D eigenvalue weighted by atomic mass is 9.88. The van der Waals surface area contributed by atoms with Crippen molar-refractivity contribution in [3.8, 4) is 0 Å². The zero-order chi connectivity index (χ0) is 17.2. The number of benzene rings is 1. The minimum absolute atomic E-state index is 0.0459. The molecule has 1 N–H and O–H groups in total. The highest BCUT2D eigenvalue weighted by molar-refractivity contribution is 6.26. The summed E-state index contributed by atoms with van der Waals surface area (Å²) in [6.07, 6.45) is 5.72. The molecule has 2 fully saturated rings. The van der Waals surface area contributed by atoms with Crippen molar-refractivity contribution in [2.24, 2.45) is 0 Å². The van der Waals surface area contributed by atoms with Gasteiger partial charge in [-0.15, -0.1) is 0 Å². The molecule has 1 aromatic carbocycles. The van der Waals surface area contributed by atoms with Gasteiger partial charge in [0.05, 0.1) is 13.2 Å². The van der Waals surface area contributed by atoms with Gasteiger partial charge in [-0.25, -0.2) is 0 Å². The lowest BCUT2D eigenvalue weighted by Gasteiger charge is -2.35. The number of nitrogens with one attached hydrogen (secondary N) is 1. The lowest BCUT2D eigenvalue weighted by molar-refractivity contribution is 0.0491. The third-order valence-electron chi connectivity index (χ3n) is 5.38. The molecule has 0 unspecified atom stereocenters. The summed E-state index contributed by atoms with van der Waals surface area (Å²) in [7, 11) is 0. The normalized spacial score (nSPS) is 22.2. The van der Waals surface area contributed by atoms with E-state index in [2.05, 4.69) is 5.32 Å². The molecule has 0 aromatic heterocycles. The smallest absolute Gasteiger partial charge is 0.212 e. The van der Waals surface area contributed by atoms with Gasteiger partial charge in [0.25, 0.3) is 0 Å². The molecule has 0 bridgehead atoms. The van der Waals surface area contributed by atoms with E-state index in [4.69, 9.17) is 4.74 Å². The second kappa shape index (κ2) is 7.00. The Morgan fingerprint density at radius 1 is 0.920 bits per heavy atom. The van der Waals surface area contributed by atoms with Crippen molar-refractivity contribution in [1.29, 1.82) is 0 Å². The Morgan fingerprint density at radius 2 is 1.56 bits per heavy atom. The van der Waals surface area contributed by atoms with Crippen molar-refractivity contribution in [3.05, 3.63) is 46.8 Å². The molecule has 0 spiro atoms. The lowest BCUT2D eigenvalue weighted by Crippen LogP contribution is -2.45. The Hall–Kier alpha value is -2.14. The molecule has 1 saturated carbocycles. The molecule has 5 heteroatoms. The second-order valence-electron chi connectivity index (χ2n) is 7.01. The number of rotatable bonds is 3. The quantitative estimate of drug-likeness (QED) is 0.916.